The zero-order valence-electron chi connectivity index (χ0n) is 10.7. The fourth-order valence-electron chi connectivity index (χ4n) is 2.23. The van der Waals surface area contributed by atoms with Crippen molar-refractivity contribution in [1.82, 2.24) is 0 Å². The van der Waals surface area contributed by atoms with E-state index in [2.05, 4.69) is 0 Å². The van der Waals surface area contributed by atoms with E-state index in [1.54, 1.807) is 0 Å². The van der Waals surface area contributed by atoms with Crippen molar-refractivity contribution in [1.29, 1.82) is 0 Å². The highest BCUT2D eigenvalue weighted by molar-refractivity contribution is 5.40. The van der Waals surface area contributed by atoms with Crippen LogP contribution in [0.2, 0.25) is 0 Å². The number of fused-ring (bicyclic) bond motifs is 1. The molecule has 3 nitrogen and oxygen atoms in total. The molecule has 1 N–H and O–H groups in total. The Balaban J connectivity index is 2.22. The molecule has 0 radical (unpaired) electrons. The van der Waals surface area contributed by atoms with Gasteiger partial charge in [0.2, 0.25) is 0 Å². The third kappa shape index (κ3) is 2.45. The third-order valence-corrected chi connectivity index (χ3v) is 3.20. The molecule has 0 spiro atoms. The van der Waals surface area contributed by atoms with Crippen molar-refractivity contribution in [2.45, 2.75) is 38.9 Å². The molecule has 1 aliphatic heterocycles. The first-order valence-corrected chi connectivity index (χ1v) is 6.12. The summed E-state index contributed by atoms with van der Waals surface area (Å²) in [5, 5.41) is 10.3. The highest BCUT2D eigenvalue weighted by Crippen LogP contribution is 2.33. The van der Waals surface area contributed by atoms with Crippen molar-refractivity contribution in [3.05, 3.63) is 29.3 Å². The standard InChI is InChI=1S/C14H20O3/c1-4-17-14(2,3)13(15)11-5-6-12-10(9-11)7-8-16-12/h5-6,9,13,15H,4,7-8H2,1-3H3. The Bertz CT molecular complexity index is 398. The van der Waals surface area contributed by atoms with Crippen molar-refractivity contribution < 1.29 is 14.6 Å². The normalized spacial score (nSPS) is 16.5. The minimum Gasteiger partial charge on any atom is -0.493 e. The Morgan fingerprint density at radius 2 is 2.24 bits per heavy atom. The molecule has 1 atom stereocenters. The quantitative estimate of drug-likeness (QED) is 0.872. The summed E-state index contributed by atoms with van der Waals surface area (Å²) < 4.78 is 11.0. The van der Waals surface area contributed by atoms with E-state index in [1.165, 1.54) is 5.56 Å². The van der Waals surface area contributed by atoms with Crippen molar-refractivity contribution in [2.24, 2.45) is 0 Å². The van der Waals surface area contributed by atoms with E-state index in [1.807, 2.05) is 39.0 Å². The minimum absolute atomic E-state index is 0.567. The van der Waals surface area contributed by atoms with E-state index < -0.39 is 11.7 Å². The summed E-state index contributed by atoms with van der Waals surface area (Å²) in [4.78, 5) is 0. The molecule has 0 saturated carbocycles. The lowest BCUT2D eigenvalue weighted by Gasteiger charge is -2.30. The molecule has 1 unspecified atom stereocenters. The Hall–Kier alpha value is -1.06. The van der Waals surface area contributed by atoms with Gasteiger partial charge in [0.1, 0.15) is 11.9 Å². The molecule has 0 saturated heterocycles. The molecule has 1 aromatic rings. The van der Waals surface area contributed by atoms with E-state index in [-0.39, 0.29) is 0 Å². The van der Waals surface area contributed by atoms with Gasteiger partial charge in [0.05, 0.1) is 12.2 Å². The Morgan fingerprint density at radius 1 is 1.47 bits per heavy atom. The number of benzene rings is 1. The van der Waals surface area contributed by atoms with Crippen LogP contribution in [-0.4, -0.2) is 23.9 Å². The molecule has 1 aliphatic rings. The highest BCUT2D eigenvalue weighted by atomic mass is 16.5. The van der Waals surface area contributed by atoms with Crippen LogP contribution in [0.4, 0.5) is 0 Å². The van der Waals surface area contributed by atoms with Crippen LogP contribution in [0, 0.1) is 0 Å². The Morgan fingerprint density at radius 3 is 2.94 bits per heavy atom. The fraction of sp³-hybridized carbons (Fsp3) is 0.571. The summed E-state index contributed by atoms with van der Waals surface area (Å²) in [5.41, 5.74) is 1.50. The van der Waals surface area contributed by atoms with Crippen molar-refractivity contribution in [2.75, 3.05) is 13.2 Å². The number of aliphatic hydroxyl groups is 1. The van der Waals surface area contributed by atoms with Gasteiger partial charge in [-0.05, 0) is 44.0 Å². The van der Waals surface area contributed by atoms with Gasteiger partial charge in [-0.2, -0.15) is 0 Å². The monoisotopic (exact) mass is 236 g/mol. The molecule has 1 aromatic carbocycles. The molecule has 0 amide bonds. The van der Waals surface area contributed by atoms with Crippen LogP contribution in [0.3, 0.4) is 0 Å². The molecule has 94 valence electrons. The largest absolute Gasteiger partial charge is 0.493 e. The summed E-state index contributed by atoms with van der Waals surface area (Å²) in [6.07, 6.45) is 0.304. The first kappa shape index (κ1) is 12.4. The van der Waals surface area contributed by atoms with Gasteiger partial charge >= 0.3 is 0 Å². The second-order valence-corrected chi connectivity index (χ2v) is 4.90. The maximum Gasteiger partial charge on any atom is 0.122 e. The molecule has 1 heterocycles. The van der Waals surface area contributed by atoms with Crippen molar-refractivity contribution in [3.63, 3.8) is 0 Å². The average molecular weight is 236 g/mol. The van der Waals surface area contributed by atoms with Crippen LogP contribution >= 0.6 is 0 Å². The van der Waals surface area contributed by atoms with Crippen LogP contribution in [0.15, 0.2) is 18.2 Å². The summed E-state index contributed by atoms with van der Waals surface area (Å²) in [6, 6.07) is 5.87. The molecule has 17 heavy (non-hydrogen) atoms. The molecule has 0 aliphatic carbocycles. The highest BCUT2D eigenvalue weighted by Gasteiger charge is 2.30. The summed E-state index contributed by atoms with van der Waals surface area (Å²) in [5.74, 6) is 0.940. The topological polar surface area (TPSA) is 38.7 Å². The number of rotatable bonds is 4. The predicted octanol–water partition coefficient (Wildman–Crippen LogP) is 2.47. The maximum atomic E-state index is 10.3. The van der Waals surface area contributed by atoms with Gasteiger partial charge in [-0.1, -0.05) is 6.07 Å². The second-order valence-electron chi connectivity index (χ2n) is 4.90. The molecule has 0 aromatic heterocycles. The molecule has 0 bridgehead atoms. The van der Waals surface area contributed by atoms with E-state index in [0.29, 0.717) is 6.61 Å². The minimum atomic E-state index is -0.617. The van der Waals surface area contributed by atoms with Crippen LogP contribution in [0.25, 0.3) is 0 Å². The molecule has 0 fully saturated rings. The average Bonchev–Trinajstić information content (AvgIpc) is 2.74. The first-order valence-electron chi connectivity index (χ1n) is 6.12. The van der Waals surface area contributed by atoms with E-state index in [0.717, 1.165) is 24.3 Å². The van der Waals surface area contributed by atoms with E-state index in [9.17, 15) is 5.11 Å². The number of hydrogen-bond donors (Lipinski definition) is 1. The van der Waals surface area contributed by atoms with Gasteiger partial charge in [0.25, 0.3) is 0 Å². The summed E-state index contributed by atoms with van der Waals surface area (Å²) in [6.45, 7) is 7.09. The van der Waals surface area contributed by atoms with Gasteiger partial charge < -0.3 is 14.6 Å². The van der Waals surface area contributed by atoms with Crippen LogP contribution in [0.5, 0.6) is 5.75 Å². The molecule has 2 rings (SSSR count). The van der Waals surface area contributed by atoms with Crippen molar-refractivity contribution in [3.8, 4) is 5.75 Å². The lowest BCUT2D eigenvalue weighted by atomic mass is 9.93. The number of hydrogen-bond acceptors (Lipinski definition) is 3. The predicted molar refractivity (Wildman–Crippen MR) is 66.3 cm³/mol. The zero-order chi connectivity index (χ0) is 12.5. The van der Waals surface area contributed by atoms with Gasteiger partial charge in [0.15, 0.2) is 0 Å². The Labute approximate surface area is 102 Å². The lowest BCUT2D eigenvalue weighted by molar-refractivity contribution is -0.0983. The number of aliphatic hydroxyl groups excluding tert-OH is 1. The third-order valence-electron chi connectivity index (χ3n) is 3.20. The van der Waals surface area contributed by atoms with Gasteiger partial charge in [-0.3, -0.25) is 0 Å². The maximum absolute atomic E-state index is 10.3. The SMILES string of the molecule is CCOC(C)(C)C(O)c1ccc2c(c1)CCO2. The smallest absolute Gasteiger partial charge is 0.122 e. The van der Waals surface area contributed by atoms with Gasteiger partial charge in [-0.15, -0.1) is 0 Å². The van der Waals surface area contributed by atoms with Crippen LogP contribution in [-0.2, 0) is 11.2 Å². The Kier molecular flexibility index (Phi) is 3.40. The molecule has 3 heteroatoms. The van der Waals surface area contributed by atoms with Crippen molar-refractivity contribution >= 4 is 0 Å². The van der Waals surface area contributed by atoms with Gasteiger partial charge in [-0.25, -0.2) is 0 Å². The molecular weight excluding hydrogens is 216 g/mol. The van der Waals surface area contributed by atoms with Crippen LogP contribution < -0.4 is 4.74 Å². The summed E-state index contributed by atoms with van der Waals surface area (Å²) >= 11 is 0. The summed E-state index contributed by atoms with van der Waals surface area (Å²) in [7, 11) is 0. The fourth-order valence-corrected chi connectivity index (χ4v) is 2.23. The van der Waals surface area contributed by atoms with Gasteiger partial charge in [0, 0.05) is 13.0 Å². The zero-order valence-corrected chi connectivity index (χ0v) is 10.7. The first-order chi connectivity index (χ1) is 8.04. The van der Waals surface area contributed by atoms with E-state index in [4.69, 9.17) is 9.47 Å². The van der Waals surface area contributed by atoms with E-state index >= 15 is 0 Å². The lowest BCUT2D eigenvalue weighted by Crippen LogP contribution is -2.32. The molecular formula is C14H20O3. The number of ether oxygens (including phenoxy) is 2. The van der Waals surface area contributed by atoms with Crippen LogP contribution in [0.1, 0.15) is 38.0 Å². The second kappa shape index (κ2) is 4.67.